The highest BCUT2D eigenvalue weighted by atomic mass is 16.5. The second-order valence-electron chi connectivity index (χ2n) is 8.37. The third kappa shape index (κ3) is 4.24. The van der Waals surface area contributed by atoms with E-state index in [1.165, 1.54) is 0 Å². The number of carbonyl (C=O) groups is 2. The molecular weight excluding hydrogens is 366 g/mol. The Bertz CT molecular complexity index is 993. The summed E-state index contributed by atoms with van der Waals surface area (Å²) in [5.41, 5.74) is 2.12. The number of carbonyl (C=O) groups excluding carboxylic acids is 2. The zero-order valence-electron chi connectivity index (χ0n) is 17.4. The van der Waals surface area contributed by atoms with E-state index in [1.54, 1.807) is 6.92 Å². The van der Waals surface area contributed by atoms with Gasteiger partial charge in [-0.25, -0.2) is 4.79 Å². The van der Waals surface area contributed by atoms with Crippen molar-refractivity contribution in [1.82, 2.24) is 10.3 Å². The number of pyridine rings is 1. The SMILES string of the molecule is CC(C)[C@@](C)(C#N)NC(=O)COC(=O)c1c2c(nc3ccccc13)CC[C@H](C)C2. The monoisotopic (exact) mass is 393 g/mol. The van der Waals surface area contributed by atoms with Crippen LogP contribution in [-0.2, 0) is 22.4 Å². The number of para-hydroxylation sites is 1. The number of fused-ring (bicyclic) bond motifs is 2. The minimum Gasteiger partial charge on any atom is -0.452 e. The molecule has 152 valence electrons. The highest BCUT2D eigenvalue weighted by Crippen LogP contribution is 2.32. The Balaban J connectivity index is 1.85. The van der Waals surface area contributed by atoms with E-state index in [1.807, 2.05) is 38.1 Å². The van der Waals surface area contributed by atoms with Gasteiger partial charge in [0.15, 0.2) is 6.61 Å². The van der Waals surface area contributed by atoms with Crippen molar-refractivity contribution >= 4 is 22.8 Å². The maximum absolute atomic E-state index is 13.0. The first-order chi connectivity index (χ1) is 13.7. The molecule has 1 N–H and O–H groups in total. The molecule has 1 aromatic heterocycles. The van der Waals surface area contributed by atoms with Gasteiger partial charge in [-0.1, -0.05) is 39.0 Å². The number of hydrogen-bond acceptors (Lipinski definition) is 5. The van der Waals surface area contributed by atoms with Crippen LogP contribution in [0.15, 0.2) is 24.3 Å². The molecular formula is C23H27N3O3. The molecule has 0 saturated heterocycles. The molecule has 2 atom stereocenters. The summed E-state index contributed by atoms with van der Waals surface area (Å²) in [5.74, 6) is -0.628. The molecule has 2 aromatic rings. The molecule has 0 radical (unpaired) electrons. The van der Waals surface area contributed by atoms with Crippen LogP contribution in [0.1, 0.15) is 55.7 Å². The number of nitriles is 1. The number of esters is 1. The van der Waals surface area contributed by atoms with Crippen molar-refractivity contribution in [3.05, 3.63) is 41.1 Å². The summed E-state index contributed by atoms with van der Waals surface area (Å²) in [5, 5.41) is 12.8. The first kappa shape index (κ1) is 20.8. The van der Waals surface area contributed by atoms with Crippen molar-refractivity contribution in [2.24, 2.45) is 11.8 Å². The van der Waals surface area contributed by atoms with Crippen molar-refractivity contribution in [3.8, 4) is 6.07 Å². The van der Waals surface area contributed by atoms with Gasteiger partial charge in [-0.2, -0.15) is 5.26 Å². The molecule has 6 nitrogen and oxygen atoms in total. The van der Waals surface area contributed by atoms with Gasteiger partial charge in [-0.3, -0.25) is 9.78 Å². The number of rotatable bonds is 5. The Kier molecular flexibility index (Phi) is 5.88. The van der Waals surface area contributed by atoms with Crippen LogP contribution in [0.25, 0.3) is 10.9 Å². The lowest BCUT2D eigenvalue weighted by Gasteiger charge is -2.27. The Morgan fingerprint density at radius 3 is 2.79 bits per heavy atom. The molecule has 1 heterocycles. The molecule has 0 spiro atoms. The highest BCUT2D eigenvalue weighted by molar-refractivity contribution is 6.05. The van der Waals surface area contributed by atoms with Gasteiger partial charge in [-0.05, 0) is 49.7 Å². The average molecular weight is 393 g/mol. The van der Waals surface area contributed by atoms with E-state index in [0.29, 0.717) is 11.5 Å². The minimum atomic E-state index is -1.01. The van der Waals surface area contributed by atoms with Crippen LogP contribution < -0.4 is 5.32 Å². The smallest absolute Gasteiger partial charge is 0.339 e. The average Bonchev–Trinajstić information content (AvgIpc) is 2.70. The van der Waals surface area contributed by atoms with Crippen LogP contribution in [0.2, 0.25) is 0 Å². The lowest BCUT2D eigenvalue weighted by molar-refractivity contribution is -0.125. The number of benzene rings is 1. The fraction of sp³-hybridized carbons (Fsp3) is 0.478. The van der Waals surface area contributed by atoms with Gasteiger partial charge in [0.05, 0.1) is 17.1 Å². The highest BCUT2D eigenvalue weighted by Gasteiger charge is 2.31. The van der Waals surface area contributed by atoms with Gasteiger partial charge >= 0.3 is 5.97 Å². The number of nitrogens with zero attached hydrogens (tertiary/aromatic N) is 2. The third-order valence-corrected chi connectivity index (χ3v) is 5.83. The maximum atomic E-state index is 13.0. The Labute approximate surface area is 171 Å². The van der Waals surface area contributed by atoms with E-state index < -0.39 is 24.0 Å². The molecule has 1 amide bonds. The van der Waals surface area contributed by atoms with Crippen LogP contribution in [0.3, 0.4) is 0 Å². The first-order valence-corrected chi connectivity index (χ1v) is 10.0. The molecule has 3 rings (SSSR count). The summed E-state index contributed by atoms with van der Waals surface area (Å²) in [7, 11) is 0. The molecule has 6 heteroatoms. The molecule has 0 aliphatic heterocycles. The van der Waals surface area contributed by atoms with Gasteiger partial charge in [0.1, 0.15) is 5.54 Å². The standard InChI is InChI=1S/C23H27N3O3/c1-14(2)23(4,13-24)26-20(27)12-29-22(28)21-16-7-5-6-8-18(16)25-19-10-9-15(3)11-17(19)21/h5-8,14-15H,9-12H2,1-4H3,(H,26,27)/t15-,23+/m0/s1. The van der Waals surface area contributed by atoms with Crippen LogP contribution >= 0.6 is 0 Å². The molecule has 1 aromatic carbocycles. The predicted octanol–water partition coefficient (Wildman–Crippen LogP) is 3.57. The number of ether oxygens (including phenoxy) is 1. The van der Waals surface area contributed by atoms with E-state index in [-0.39, 0.29) is 5.92 Å². The Morgan fingerprint density at radius 2 is 2.10 bits per heavy atom. The summed E-state index contributed by atoms with van der Waals surface area (Å²) >= 11 is 0. The summed E-state index contributed by atoms with van der Waals surface area (Å²) in [6.07, 6.45) is 2.64. The van der Waals surface area contributed by atoms with Crippen LogP contribution in [0.5, 0.6) is 0 Å². The van der Waals surface area contributed by atoms with Crippen molar-refractivity contribution in [2.75, 3.05) is 6.61 Å². The Morgan fingerprint density at radius 1 is 1.38 bits per heavy atom. The first-order valence-electron chi connectivity index (χ1n) is 10.0. The maximum Gasteiger partial charge on any atom is 0.339 e. The van der Waals surface area contributed by atoms with E-state index in [9.17, 15) is 14.9 Å². The van der Waals surface area contributed by atoms with Gasteiger partial charge in [0.2, 0.25) is 0 Å². The van der Waals surface area contributed by atoms with E-state index in [2.05, 4.69) is 18.3 Å². The van der Waals surface area contributed by atoms with Crippen molar-refractivity contribution in [2.45, 2.75) is 52.5 Å². The van der Waals surface area contributed by atoms with Gasteiger partial charge < -0.3 is 10.1 Å². The predicted molar refractivity (Wildman–Crippen MR) is 110 cm³/mol. The number of nitrogens with one attached hydrogen (secondary N) is 1. The van der Waals surface area contributed by atoms with Crippen molar-refractivity contribution in [1.29, 1.82) is 5.26 Å². The molecule has 1 aliphatic carbocycles. The lowest BCUT2D eigenvalue weighted by Crippen LogP contribution is -2.50. The second-order valence-corrected chi connectivity index (χ2v) is 8.37. The summed E-state index contributed by atoms with van der Waals surface area (Å²) in [4.78, 5) is 30.1. The normalized spacial score (nSPS) is 17.9. The van der Waals surface area contributed by atoms with E-state index in [4.69, 9.17) is 9.72 Å². The van der Waals surface area contributed by atoms with Crippen LogP contribution in [0, 0.1) is 23.2 Å². The van der Waals surface area contributed by atoms with Crippen LogP contribution in [-0.4, -0.2) is 29.0 Å². The van der Waals surface area contributed by atoms with Gasteiger partial charge in [0.25, 0.3) is 5.91 Å². The number of aromatic nitrogens is 1. The molecule has 0 unspecified atom stereocenters. The molecule has 0 saturated carbocycles. The fourth-order valence-corrected chi connectivity index (χ4v) is 3.63. The number of amides is 1. The molecule has 0 fully saturated rings. The number of hydrogen-bond donors (Lipinski definition) is 1. The van der Waals surface area contributed by atoms with Gasteiger partial charge in [-0.15, -0.1) is 0 Å². The second kappa shape index (κ2) is 8.20. The summed E-state index contributed by atoms with van der Waals surface area (Å²) in [6.45, 7) is 7.10. The summed E-state index contributed by atoms with van der Waals surface area (Å²) in [6, 6.07) is 9.63. The van der Waals surface area contributed by atoms with Crippen molar-refractivity contribution in [3.63, 3.8) is 0 Å². The summed E-state index contributed by atoms with van der Waals surface area (Å²) < 4.78 is 5.38. The Hall–Kier alpha value is -2.94. The van der Waals surface area contributed by atoms with Crippen LogP contribution in [0.4, 0.5) is 0 Å². The number of aryl methyl sites for hydroxylation is 1. The molecule has 0 bridgehead atoms. The van der Waals surface area contributed by atoms with E-state index >= 15 is 0 Å². The van der Waals surface area contributed by atoms with Crippen molar-refractivity contribution < 1.29 is 14.3 Å². The molecule has 1 aliphatic rings. The van der Waals surface area contributed by atoms with E-state index in [0.717, 1.165) is 41.4 Å². The third-order valence-electron chi connectivity index (χ3n) is 5.83. The van der Waals surface area contributed by atoms with Gasteiger partial charge in [0, 0.05) is 11.1 Å². The largest absolute Gasteiger partial charge is 0.452 e. The quantitative estimate of drug-likeness (QED) is 0.784. The minimum absolute atomic E-state index is 0.0789. The zero-order valence-corrected chi connectivity index (χ0v) is 17.4. The fourth-order valence-electron chi connectivity index (χ4n) is 3.63. The molecule has 29 heavy (non-hydrogen) atoms. The lowest BCUT2D eigenvalue weighted by atomic mass is 9.84. The topological polar surface area (TPSA) is 92.1 Å². The zero-order chi connectivity index (χ0) is 21.2.